The van der Waals surface area contributed by atoms with E-state index in [4.69, 9.17) is 0 Å². The first-order chi connectivity index (χ1) is 9.13. The summed E-state index contributed by atoms with van der Waals surface area (Å²) in [5.74, 6) is -1.11. The minimum absolute atomic E-state index is 0.151. The van der Waals surface area contributed by atoms with E-state index in [1.807, 2.05) is 0 Å². The number of methoxy groups -OCH3 is 1. The Labute approximate surface area is 108 Å². The molecule has 0 unspecified atom stereocenters. The number of hydrogen-bond donors (Lipinski definition) is 0. The molecule has 98 valence electrons. The van der Waals surface area contributed by atoms with Gasteiger partial charge >= 0.3 is 5.97 Å². The molecule has 2 rings (SSSR count). The van der Waals surface area contributed by atoms with E-state index in [1.54, 1.807) is 0 Å². The fourth-order valence-electron chi connectivity index (χ4n) is 1.62. The number of carbonyl (C=O) groups excluding carboxylic acids is 2. The average molecular weight is 262 g/mol. The normalized spacial score (nSPS) is 10.2. The summed E-state index contributed by atoms with van der Waals surface area (Å²) in [6.07, 6.45) is 3.58. The fourth-order valence-corrected chi connectivity index (χ4v) is 1.62. The highest BCUT2D eigenvalue weighted by atomic mass is 19.1. The summed E-state index contributed by atoms with van der Waals surface area (Å²) in [5.41, 5.74) is 0.942. The zero-order chi connectivity index (χ0) is 13.8. The van der Waals surface area contributed by atoms with Crippen LogP contribution in [0.2, 0.25) is 0 Å². The molecule has 0 N–H and O–H groups in total. The molecule has 6 heteroatoms. The molecule has 0 saturated carbocycles. The standard InChI is InChI=1S/C13H11FN2O3/c1-19-13(18)10-2-3-11(12(14)4-10)7-16-6-9(8-17)5-15-16/h2-6,8H,7H2,1H3. The van der Waals surface area contributed by atoms with Gasteiger partial charge in [-0.15, -0.1) is 0 Å². The summed E-state index contributed by atoms with van der Waals surface area (Å²) in [4.78, 5) is 21.7. The molecule has 0 radical (unpaired) electrons. The SMILES string of the molecule is COC(=O)c1ccc(Cn2cc(C=O)cn2)c(F)c1. The lowest BCUT2D eigenvalue weighted by atomic mass is 10.1. The van der Waals surface area contributed by atoms with Gasteiger partial charge in [0.15, 0.2) is 6.29 Å². The van der Waals surface area contributed by atoms with Gasteiger partial charge in [-0.05, 0) is 12.1 Å². The molecule has 2 aromatic rings. The third kappa shape index (κ3) is 2.85. The Morgan fingerprint density at radius 3 is 2.89 bits per heavy atom. The maximum Gasteiger partial charge on any atom is 0.337 e. The average Bonchev–Trinajstić information content (AvgIpc) is 2.88. The second-order valence-corrected chi connectivity index (χ2v) is 3.89. The van der Waals surface area contributed by atoms with E-state index in [-0.39, 0.29) is 12.1 Å². The number of aldehydes is 1. The van der Waals surface area contributed by atoms with Crippen molar-refractivity contribution >= 4 is 12.3 Å². The maximum absolute atomic E-state index is 13.8. The van der Waals surface area contributed by atoms with Crippen LogP contribution >= 0.6 is 0 Å². The van der Waals surface area contributed by atoms with Gasteiger partial charge in [-0.2, -0.15) is 5.10 Å². The van der Waals surface area contributed by atoms with Crippen LogP contribution in [-0.4, -0.2) is 29.1 Å². The number of benzene rings is 1. The molecule has 5 nitrogen and oxygen atoms in total. The molecule has 0 saturated heterocycles. The van der Waals surface area contributed by atoms with E-state index in [0.717, 1.165) is 6.07 Å². The number of carbonyl (C=O) groups is 2. The molecule has 0 fully saturated rings. The Balaban J connectivity index is 2.21. The highest BCUT2D eigenvalue weighted by molar-refractivity contribution is 5.89. The Hall–Kier alpha value is -2.50. The van der Waals surface area contributed by atoms with Crippen molar-refractivity contribution in [2.75, 3.05) is 7.11 Å². The molecular weight excluding hydrogens is 251 g/mol. The number of halogens is 1. The molecular formula is C13H11FN2O3. The van der Waals surface area contributed by atoms with E-state index in [2.05, 4.69) is 9.84 Å². The lowest BCUT2D eigenvalue weighted by molar-refractivity contribution is 0.0600. The number of esters is 1. The number of hydrogen-bond acceptors (Lipinski definition) is 4. The van der Waals surface area contributed by atoms with Crippen molar-refractivity contribution in [1.29, 1.82) is 0 Å². The molecule has 0 aliphatic carbocycles. The first-order valence-electron chi connectivity index (χ1n) is 5.48. The van der Waals surface area contributed by atoms with Crippen LogP contribution in [0.3, 0.4) is 0 Å². The summed E-state index contributed by atoms with van der Waals surface area (Å²) in [6.45, 7) is 0.182. The molecule has 1 aromatic heterocycles. The van der Waals surface area contributed by atoms with Crippen molar-refractivity contribution in [1.82, 2.24) is 9.78 Å². The smallest absolute Gasteiger partial charge is 0.337 e. The Kier molecular flexibility index (Phi) is 3.70. The molecule has 0 aliphatic rings. The van der Waals surface area contributed by atoms with Crippen LogP contribution in [0.1, 0.15) is 26.3 Å². The van der Waals surface area contributed by atoms with Gasteiger partial charge in [0.25, 0.3) is 0 Å². The highest BCUT2D eigenvalue weighted by Gasteiger charge is 2.10. The van der Waals surface area contributed by atoms with Crippen LogP contribution in [0.4, 0.5) is 4.39 Å². The Bertz CT molecular complexity index is 622. The van der Waals surface area contributed by atoms with Crippen LogP contribution in [0.15, 0.2) is 30.6 Å². The van der Waals surface area contributed by atoms with Crippen LogP contribution in [-0.2, 0) is 11.3 Å². The zero-order valence-electron chi connectivity index (χ0n) is 10.2. The minimum Gasteiger partial charge on any atom is -0.465 e. The summed E-state index contributed by atoms with van der Waals surface area (Å²) in [6, 6.07) is 4.09. The lowest BCUT2D eigenvalue weighted by Gasteiger charge is -2.05. The van der Waals surface area contributed by atoms with Gasteiger partial charge in [0.2, 0.25) is 0 Å². The number of nitrogens with zero attached hydrogens (tertiary/aromatic N) is 2. The van der Waals surface area contributed by atoms with Gasteiger partial charge in [0, 0.05) is 11.8 Å². The van der Waals surface area contributed by atoms with E-state index in [1.165, 1.54) is 36.3 Å². The highest BCUT2D eigenvalue weighted by Crippen LogP contribution is 2.13. The first kappa shape index (κ1) is 12.9. The lowest BCUT2D eigenvalue weighted by Crippen LogP contribution is -2.06. The quantitative estimate of drug-likeness (QED) is 0.621. The topological polar surface area (TPSA) is 61.2 Å². The fraction of sp³-hybridized carbons (Fsp3) is 0.154. The van der Waals surface area contributed by atoms with Crippen molar-refractivity contribution in [2.24, 2.45) is 0 Å². The van der Waals surface area contributed by atoms with E-state index in [0.29, 0.717) is 17.4 Å². The van der Waals surface area contributed by atoms with Crippen molar-refractivity contribution < 1.29 is 18.7 Å². The molecule has 1 aromatic carbocycles. The zero-order valence-corrected chi connectivity index (χ0v) is 10.2. The van der Waals surface area contributed by atoms with E-state index >= 15 is 0 Å². The predicted molar refractivity (Wildman–Crippen MR) is 64.5 cm³/mol. The molecule has 1 heterocycles. The second-order valence-electron chi connectivity index (χ2n) is 3.89. The van der Waals surface area contributed by atoms with Gasteiger partial charge in [0.05, 0.1) is 31.0 Å². The minimum atomic E-state index is -0.590. The molecule has 0 aliphatic heterocycles. The van der Waals surface area contributed by atoms with Crippen molar-refractivity contribution in [3.63, 3.8) is 0 Å². The van der Waals surface area contributed by atoms with Gasteiger partial charge in [-0.25, -0.2) is 9.18 Å². The van der Waals surface area contributed by atoms with Crippen molar-refractivity contribution in [2.45, 2.75) is 6.54 Å². The van der Waals surface area contributed by atoms with Gasteiger partial charge in [-0.1, -0.05) is 6.07 Å². The molecule has 0 atom stereocenters. The van der Waals surface area contributed by atoms with E-state index < -0.39 is 11.8 Å². The molecule has 0 bridgehead atoms. The Morgan fingerprint density at radius 2 is 2.32 bits per heavy atom. The molecule has 0 amide bonds. The maximum atomic E-state index is 13.8. The summed E-state index contributed by atoms with van der Waals surface area (Å²) >= 11 is 0. The molecule has 0 spiro atoms. The predicted octanol–water partition coefficient (Wildman–Crippen LogP) is 1.67. The van der Waals surface area contributed by atoms with Gasteiger partial charge < -0.3 is 4.74 Å². The van der Waals surface area contributed by atoms with Crippen LogP contribution in [0.5, 0.6) is 0 Å². The second kappa shape index (κ2) is 5.43. The largest absolute Gasteiger partial charge is 0.465 e. The molecule has 19 heavy (non-hydrogen) atoms. The van der Waals surface area contributed by atoms with Gasteiger partial charge in [-0.3, -0.25) is 9.48 Å². The van der Waals surface area contributed by atoms with E-state index in [9.17, 15) is 14.0 Å². The van der Waals surface area contributed by atoms with Crippen molar-refractivity contribution in [3.05, 3.63) is 53.1 Å². The van der Waals surface area contributed by atoms with Crippen LogP contribution < -0.4 is 0 Å². The monoisotopic (exact) mass is 262 g/mol. The van der Waals surface area contributed by atoms with Crippen LogP contribution in [0, 0.1) is 5.82 Å². The first-order valence-corrected chi connectivity index (χ1v) is 5.48. The third-order valence-corrected chi connectivity index (χ3v) is 2.60. The van der Waals surface area contributed by atoms with Crippen LogP contribution in [0.25, 0.3) is 0 Å². The Morgan fingerprint density at radius 1 is 1.53 bits per heavy atom. The summed E-state index contributed by atoms with van der Waals surface area (Å²) < 4.78 is 19.8. The third-order valence-electron chi connectivity index (χ3n) is 2.60. The summed E-state index contributed by atoms with van der Waals surface area (Å²) in [7, 11) is 1.23. The van der Waals surface area contributed by atoms with Gasteiger partial charge in [0.1, 0.15) is 5.82 Å². The number of ether oxygens (including phenoxy) is 1. The van der Waals surface area contributed by atoms with Crippen molar-refractivity contribution in [3.8, 4) is 0 Å². The number of aromatic nitrogens is 2. The summed E-state index contributed by atoms with van der Waals surface area (Å²) in [5, 5.41) is 3.92. The number of rotatable bonds is 4.